The van der Waals surface area contributed by atoms with Gasteiger partial charge in [-0.1, -0.05) is 30.3 Å². The van der Waals surface area contributed by atoms with Crippen molar-refractivity contribution in [2.24, 2.45) is 0 Å². The first-order valence-corrected chi connectivity index (χ1v) is 9.36. The molecule has 0 bridgehead atoms. The number of thioether (sulfide) groups is 1. The van der Waals surface area contributed by atoms with Crippen LogP contribution in [0.2, 0.25) is 0 Å². The topological polar surface area (TPSA) is 61.4 Å². The molecule has 2 heterocycles. The first-order valence-electron chi connectivity index (χ1n) is 8.20. The molecule has 23 heavy (non-hydrogen) atoms. The second kappa shape index (κ2) is 7.84. The van der Waals surface area contributed by atoms with Crippen molar-refractivity contribution in [1.82, 2.24) is 15.5 Å². The van der Waals surface area contributed by atoms with Crippen LogP contribution in [-0.2, 0) is 9.59 Å². The average Bonchev–Trinajstić information content (AvgIpc) is 2.59. The molecule has 0 spiro atoms. The fourth-order valence-corrected chi connectivity index (χ4v) is 4.09. The standard InChI is InChI=1S/C17H23N3O2S/c21-16-14(7-4-8-18-16)19-17(22)15(13-5-2-1-3-6-13)20-9-11-23-12-10-20/h1-3,5-6,14-15H,4,7-12H2,(H,18,21)(H,19,22)/t14-,15-/m0/s1. The van der Waals surface area contributed by atoms with Gasteiger partial charge in [-0.15, -0.1) is 0 Å². The Morgan fingerprint density at radius 2 is 2.00 bits per heavy atom. The van der Waals surface area contributed by atoms with Crippen molar-refractivity contribution in [3.63, 3.8) is 0 Å². The molecular weight excluding hydrogens is 310 g/mol. The van der Waals surface area contributed by atoms with Crippen LogP contribution < -0.4 is 10.6 Å². The van der Waals surface area contributed by atoms with Gasteiger partial charge >= 0.3 is 0 Å². The molecule has 0 unspecified atom stereocenters. The SMILES string of the molecule is O=C1NCCC[C@@H]1NC(=O)[C@H](c1ccccc1)N1CCSCC1. The molecule has 2 saturated heterocycles. The molecule has 0 radical (unpaired) electrons. The molecule has 2 aliphatic rings. The first kappa shape index (κ1) is 16.3. The second-order valence-corrected chi connectivity index (χ2v) is 7.18. The Hall–Kier alpha value is -1.53. The Balaban J connectivity index is 1.76. The van der Waals surface area contributed by atoms with Gasteiger partial charge in [0.25, 0.3) is 0 Å². The second-order valence-electron chi connectivity index (χ2n) is 5.96. The zero-order chi connectivity index (χ0) is 16.1. The lowest BCUT2D eigenvalue weighted by molar-refractivity contribution is -0.133. The van der Waals surface area contributed by atoms with Gasteiger partial charge in [0.15, 0.2) is 0 Å². The van der Waals surface area contributed by atoms with E-state index in [1.807, 2.05) is 42.1 Å². The first-order chi connectivity index (χ1) is 11.3. The zero-order valence-corrected chi connectivity index (χ0v) is 14.0. The summed E-state index contributed by atoms with van der Waals surface area (Å²) < 4.78 is 0. The number of carbonyl (C=O) groups excluding carboxylic acids is 2. The fraction of sp³-hybridized carbons (Fsp3) is 0.529. The van der Waals surface area contributed by atoms with Gasteiger partial charge in [-0.3, -0.25) is 14.5 Å². The number of nitrogens with one attached hydrogen (secondary N) is 2. The summed E-state index contributed by atoms with van der Waals surface area (Å²) in [6.07, 6.45) is 1.63. The number of carbonyl (C=O) groups is 2. The molecule has 6 heteroatoms. The monoisotopic (exact) mass is 333 g/mol. The summed E-state index contributed by atoms with van der Waals surface area (Å²) in [4.78, 5) is 27.1. The molecule has 0 saturated carbocycles. The van der Waals surface area contributed by atoms with Crippen LogP contribution in [0.1, 0.15) is 24.4 Å². The number of hydrogen-bond acceptors (Lipinski definition) is 4. The molecule has 2 N–H and O–H groups in total. The molecule has 1 aromatic carbocycles. The largest absolute Gasteiger partial charge is 0.354 e. The number of amides is 2. The van der Waals surface area contributed by atoms with E-state index in [9.17, 15) is 9.59 Å². The Labute approximate surface area is 141 Å². The van der Waals surface area contributed by atoms with E-state index in [0.29, 0.717) is 6.54 Å². The van der Waals surface area contributed by atoms with Gasteiger partial charge in [0.2, 0.25) is 11.8 Å². The van der Waals surface area contributed by atoms with Crippen LogP contribution in [0.3, 0.4) is 0 Å². The number of nitrogens with zero attached hydrogens (tertiary/aromatic N) is 1. The van der Waals surface area contributed by atoms with Crippen LogP contribution in [0.15, 0.2) is 30.3 Å². The summed E-state index contributed by atoms with van der Waals surface area (Å²) in [5.74, 6) is 1.96. The maximum Gasteiger partial charge on any atom is 0.242 e. The smallest absolute Gasteiger partial charge is 0.242 e. The van der Waals surface area contributed by atoms with E-state index in [0.717, 1.165) is 43.0 Å². The summed E-state index contributed by atoms with van der Waals surface area (Å²) in [5, 5.41) is 5.79. The highest BCUT2D eigenvalue weighted by atomic mass is 32.2. The molecule has 124 valence electrons. The predicted molar refractivity (Wildman–Crippen MR) is 92.3 cm³/mol. The minimum Gasteiger partial charge on any atom is -0.354 e. The molecule has 2 aliphatic heterocycles. The number of rotatable bonds is 4. The molecule has 0 aromatic heterocycles. The van der Waals surface area contributed by atoms with Gasteiger partial charge < -0.3 is 10.6 Å². The van der Waals surface area contributed by atoms with Crippen LogP contribution in [0.5, 0.6) is 0 Å². The minimum absolute atomic E-state index is 0.0642. The molecule has 0 aliphatic carbocycles. The summed E-state index contributed by atoms with van der Waals surface area (Å²) in [6, 6.07) is 9.15. The van der Waals surface area contributed by atoms with Crippen LogP contribution >= 0.6 is 11.8 Å². The summed E-state index contributed by atoms with van der Waals surface area (Å²) >= 11 is 1.92. The normalized spacial score (nSPS) is 23.8. The maximum atomic E-state index is 12.9. The highest BCUT2D eigenvalue weighted by Crippen LogP contribution is 2.25. The van der Waals surface area contributed by atoms with Crippen molar-refractivity contribution in [2.75, 3.05) is 31.1 Å². The Morgan fingerprint density at radius 1 is 1.26 bits per heavy atom. The van der Waals surface area contributed by atoms with E-state index >= 15 is 0 Å². The maximum absolute atomic E-state index is 12.9. The van der Waals surface area contributed by atoms with Crippen LogP contribution in [-0.4, -0.2) is 53.9 Å². The van der Waals surface area contributed by atoms with Gasteiger partial charge in [0.1, 0.15) is 12.1 Å². The highest BCUT2D eigenvalue weighted by Gasteiger charge is 2.32. The quantitative estimate of drug-likeness (QED) is 0.868. The number of benzene rings is 1. The van der Waals surface area contributed by atoms with Gasteiger partial charge in [0.05, 0.1) is 0 Å². The molecule has 1 aromatic rings. The third-order valence-electron chi connectivity index (χ3n) is 4.38. The zero-order valence-electron chi connectivity index (χ0n) is 13.2. The molecule has 3 rings (SSSR count). The van der Waals surface area contributed by atoms with Crippen LogP contribution in [0, 0.1) is 0 Å². The third kappa shape index (κ3) is 4.06. The lowest BCUT2D eigenvalue weighted by atomic mass is 10.0. The molecule has 2 amide bonds. The minimum atomic E-state index is -0.401. The Morgan fingerprint density at radius 3 is 2.70 bits per heavy atom. The molecule has 5 nitrogen and oxygen atoms in total. The lowest BCUT2D eigenvalue weighted by Crippen LogP contribution is -2.53. The highest BCUT2D eigenvalue weighted by molar-refractivity contribution is 7.99. The average molecular weight is 333 g/mol. The van der Waals surface area contributed by atoms with Crippen molar-refractivity contribution in [3.8, 4) is 0 Å². The molecular formula is C17H23N3O2S. The third-order valence-corrected chi connectivity index (χ3v) is 5.32. The Bertz CT molecular complexity index is 546. The molecule has 2 atom stereocenters. The van der Waals surface area contributed by atoms with E-state index in [1.165, 1.54) is 0 Å². The summed E-state index contributed by atoms with van der Waals surface area (Å²) in [5.41, 5.74) is 0.994. The van der Waals surface area contributed by atoms with Crippen molar-refractivity contribution >= 4 is 23.6 Å². The Kier molecular flexibility index (Phi) is 5.56. The van der Waals surface area contributed by atoms with Gasteiger partial charge in [0, 0.05) is 31.1 Å². The van der Waals surface area contributed by atoms with Crippen molar-refractivity contribution < 1.29 is 9.59 Å². The fourth-order valence-electron chi connectivity index (χ4n) is 3.16. The predicted octanol–water partition coefficient (Wildman–Crippen LogP) is 1.17. The van der Waals surface area contributed by atoms with Crippen molar-refractivity contribution in [3.05, 3.63) is 35.9 Å². The van der Waals surface area contributed by atoms with Crippen molar-refractivity contribution in [1.29, 1.82) is 0 Å². The van der Waals surface area contributed by atoms with Crippen LogP contribution in [0.4, 0.5) is 0 Å². The van der Waals surface area contributed by atoms with E-state index in [4.69, 9.17) is 0 Å². The molecule has 2 fully saturated rings. The van der Waals surface area contributed by atoms with Gasteiger partial charge in [-0.2, -0.15) is 11.8 Å². The van der Waals surface area contributed by atoms with Crippen molar-refractivity contribution in [2.45, 2.75) is 24.9 Å². The van der Waals surface area contributed by atoms with E-state index in [1.54, 1.807) is 0 Å². The van der Waals surface area contributed by atoms with Gasteiger partial charge in [-0.05, 0) is 18.4 Å². The van der Waals surface area contributed by atoms with E-state index in [-0.39, 0.29) is 17.9 Å². The number of piperidine rings is 1. The van der Waals surface area contributed by atoms with E-state index in [2.05, 4.69) is 15.5 Å². The van der Waals surface area contributed by atoms with E-state index < -0.39 is 6.04 Å². The van der Waals surface area contributed by atoms with Crippen LogP contribution in [0.25, 0.3) is 0 Å². The van der Waals surface area contributed by atoms with Gasteiger partial charge in [-0.25, -0.2) is 0 Å². The summed E-state index contributed by atoms with van der Waals surface area (Å²) in [7, 11) is 0. The summed E-state index contributed by atoms with van der Waals surface area (Å²) in [6.45, 7) is 2.50. The number of hydrogen-bond donors (Lipinski definition) is 2. The lowest BCUT2D eigenvalue weighted by Gasteiger charge is -2.35.